The summed E-state index contributed by atoms with van der Waals surface area (Å²) in [5.74, 6) is 0. The molecule has 50 valence electrons. The highest BCUT2D eigenvalue weighted by Crippen LogP contribution is 2.13. The molecule has 0 bridgehead atoms. The molecule has 0 aliphatic heterocycles. The molecule has 5 heteroatoms. The van der Waals surface area contributed by atoms with E-state index in [4.69, 9.17) is 11.6 Å². The first kappa shape index (κ1) is 5.61. The van der Waals surface area contributed by atoms with Gasteiger partial charge in [0.25, 0.3) is 0 Å². The smallest absolute Gasteiger partial charge is 0.182 e. The number of hydrogen-bond acceptors (Lipinski definition) is 3. The third-order valence-corrected chi connectivity index (χ3v) is 1.46. The molecule has 0 spiro atoms. The van der Waals surface area contributed by atoms with Gasteiger partial charge in [0, 0.05) is 0 Å². The summed E-state index contributed by atoms with van der Waals surface area (Å²) in [7, 11) is 0. The first-order valence-corrected chi connectivity index (χ1v) is 3.05. The summed E-state index contributed by atoms with van der Waals surface area (Å²) >= 11 is 5.68. The number of hydrogen-bond donors (Lipinski definition) is 1. The monoisotopic (exact) mass is 155 g/mol. The Bertz CT molecular complexity index is 355. The largest absolute Gasteiger partial charge is 0.341 e. The summed E-state index contributed by atoms with van der Waals surface area (Å²) in [6, 6.07) is 0. The Morgan fingerprint density at radius 3 is 3.00 bits per heavy atom. The predicted molar refractivity (Wildman–Crippen MR) is 36.7 cm³/mol. The molecule has 0 amide bonds. The van der Waals surface area contributed by atoms with Crippen molar-refractivity contribution in [3.63, 3.8) is 0 Å². The maximum Gasteiger partial charge on any atom is 0.182 e. The second-order valence-corrected chi connectivity index (χ2v) is 2.12. The summed E-state index contributed by atoms with van der Waals surface area (Å²) in [5.41, 5.74) is 1.28. The maximum atomic E-state index is 5.68. The van der Waals surface area contributed by atoms with Crippen LogP contribution in [0.15, 0.2) is 12.7 Å². The van der Waals surface area contributed by atoms with Gasteiger partial charge in [0.2, 0.25) is 0 Å². The van der Waals surface area contributed by atoms with Crippen molar-refractivity contribution in [3.8, 4) is 0 Å². The van der Waals surface area contributed by atoms with Crippen molar-refractivity contribution in [2.45, 2.75) is 0 Å². The zero-order valence-electron chi connectivity index (χ0n) is 4.87. The fraction of sp³-hybridized carbons (Fsp3) is 0. The number of halogens is 1. The van der Waals surface area contributed by atoms with Gasteiger partial charge in [0.05, 0.1) is 6.33 Å². The van der Waals surface area contributed by atoms with Crippen molar-refractivity contribution >= 4 is 22.8 Å². The highest BCUT2D eigenvalue weighted by Gasteiger charge is 2.00. The van der Waals surface area contributed by atoms with Crippen molar-refractivity contribution < 1.29 is 0 Å². The van der Waals surface area contributed by atoms with Gasteiger partial charge in [0.15, 0.2) is 10.8 Å². The van der Waals surface area contributed by atoms with Crippen LogP contribution in [0.5, 0.6) is 0 Å². The molecule has 0 aliphatic carbocycles. The molecular formula is C5H3ClN4. The average molecular weight is 156 g/mol. The fourth-order valence-electron chi connectivity index (χ4n) is 0.736. The van der Waals surface area contributed by atoms with Crippen LogP contribution in [0.1, 0.15) is 0 Å². The van der Waals surface area contributed by atoms with Gasteiger partial charge in [-0.3, -0.25) is 0 Å². The lowest BCUT2D eigenvalue weighted by molar-refractivity contribution is 1.20. The third-order valence-electron chi connectivity index (χ3n) is 1.18. The van der Waals surface area contributed by atoms with Gasteiger partial charge in [-0.25, -0.2) is 15.0 Å². The molecule has 4 nitrogen and oxygen atoms in total. The predicted octanol–water partition coefficient (Wildman–Crippen LogP) is 1.01. The lowest BCUT2D eigenvalue weighted by Gasteiger charge is -1.86. The van der Waals surface area contributed by atoms with E-state index in [-0.39, 0.29) is 0 Å². The van der Waals surface area contributed by atoms with Crippen LogP contribution in [0.25, 0.3) is 11.2 Å². The number of aromatic nitrogens is 4. The number of rotatable bonds is 0. The Labute approximate surface area is 61.3 Å². The van der Waals surface area contributed by atoms with Crippen LogP contribution in [0.3, 0.4) is 0 Å². The fourth-order valence-corrected chi connectivity index (χ4v) is 0.918. The third kappa shape index (κ3) is 0.657. The van der Waals surface area contributed by atoms with Gasteiger partial charge >= 0.3 is 0 Å². The van der Waals surface area contributed by atoms with Gasteiger partial charge < -0.3 is 4.98 Å². The van der Waals surface area contributed by atoms with Crippen LogP contribution >= 0.6 is 11.6 Å². The standard InChI is InChI=1S/C5H3ClN4/c6-4-3-5(9-1-7-3)10-2-8-4/h1-2H,(H,7,8,9,10)/i2+1. The summed E-state index contributed by atoms with van der Waals surface area (Å²) in [4.78, 5) is 14.3. The molecule has 1 N–H and O–H groups in total. The lowest BCUT2D eigenvalue weighted by atomic mass is 10.6. The molecule has 0 aromatic carbocycles. The van der Waals surface area contributed by atoms with E-state index in [0.29, 0.717) is 16.3 Å². The number of aromatic amines is 1. The number of imidazole rings is 1. The van der Waals surface area contributed by atoms with Gasteiger partial charge in [0.1, 0.15) is 11.8 Å². The molecule has 0 atom stereocenters. The molecule has 0 fully saturated rings. The first-order chi connectivity index (χ1) is 4.88. The molecule has 2 heterocycles. The topological polar surface area (TPSA) is 54.5 Å². The molecular weight excluding hydrogens is 153 g/mol. The van der Waals surface area contributed by atoms with Crippen molar-refractivity contribution in [2.75, 3.05) is 0 Å². The molecule has 0 unspecified atom stereocenters. The van der Waals surface area contributed by atoms with E-state index >= 15 is 0 Å². The van der Waals surface area contributed by atoms with Crippen LogP contribution in [0, 0.1) is 0 Å². The normalized spacial score (nSPS) is 10.5. The van der Waals surface area contributed by atoms with Crippen LogP contribution in [-0.2, 0) is 0 Å². The van der Waals surface area contributed by atoms with E-state index in [2.05, 4.69) is 19.9 Å². The zero-order valence-corrected chi connectivity index (χ0v) is 5.63. The van der Waals surface area contributed by atoms with Crippen molar-refractivity contribution in [1.82, 2.24) is 19.9 Å². The maximum absolute atomic E-state index is 5.68. The molecule has 0 saturated heterocycles. The average Bonchev–Trinajstić information content (AvgIpc) is 2.36. The molecule has 2 rings (SSSR count). The van der Waals surface area contributed by atoms with E-state index in [0.717, 1.165) is 0 Å². The van der Waals surface area contributed by atoms with Crippen LogP contribution in [0.2, 0.25) is 5.15 Å². The Hall–Kier alpha value is -1.16. The number of nitrogens with one attached hydrogen (secondary N) is 1. The van der Waals surface area contributed by atoms with E-state index in [1.54, 1.807) is 0 Å². The Balaban J connectivity index is 2.95. The number of fused-ring (bicyclic) bond motifs is 1. The molecule has 0 aliphatic rings. The Morgan fingerprint density at radius 2 is 2.20 bits per heavy atom. The van der Waals surface area contributed by atoms with E-state index in [9.17, 15) is 0 Å². The van der Waals surface area contributed by atoms with Crippen LogP contribution in [0.4, 0.5) is 0 Å². The Morgan fingerprint density at radius 1 is 1.30 bits per heavy atom. The summed E-state index contributed by atoms with van der Waals surface area (Å²) < 4.78 is 0. The lowest BCUT2D eigenvalue weighted by Crippen LogP contribution is -1.80. The molecule has 2 aromatic rings. The van der Waals surface area contributed by atoms with Crippen molar-refractivity contribution in [3.05, 3.63) is 17.8 Å². The SMILES string of the molecule is Clc1n[13cH]nc2nc[nH]c12. The zero-order chi connectivity index (χ0) is 6.97. The van der Waals surface area contributed by atoms with Gasteiger partial charge in [-0.05, 0) is 0 Å². The van der Waals surface area contributed by atoms with Gasteiger partial charge in [-0.1, -0.05) is 11.6 Å². The molecule has 0 saturated carbocycles. The minimum absolute atomic E-state index is 0.405. The van der Waals surface area contributed by atoms with E-state index in [1.807, 2.05) is 0 Å². The van der Waals surface area contributed by atoms with Gasteiger partial charge in [-0.15, -0.1) is 0 Å². The van der Waals surface area contributed by atoms with Crippen LogP contribution in [-0.4, -0.2) is 19.9 Å². The second kappa shape index (κ2) is 1.91. The molecule has 0 radical (unpaired) electrons. The molecule has 10 heavy (non-hydrogen) atoms. The van der Waals surface area contributed by atoms with Crippen LogP contribution < -0.4 is 0 Å². The summed E-state index contributed by atoms with van der Waals surface area (Å²) in [6.07, 6.45) is 2.91. The van der Waals surface area contributed by atoms with Crippen molar-refractivity contribution in [2.24, 2.45) is 0 Å². The summed E-state index contributed by atoms with van der Waals surface area (Å²) in [6.45, 7) is 0. The minimum Gasteiger partial charge on any atom is -0.341 e. The molecule has 2 aromatic heterocycles. The van der Waals surface area contributed by atoms with Gasteiger partial charge in [-0.2, -0.15) is 0 Å². The number of H-pyrrole nitrogens is 1. The Kier molecular flexibility index (Phi) is 1.07. The highest BCUT2D eigenvalue weighted by molar-refractivity contribution is 6.33. The second-order valence-electron chi connectivity index (χ2n) is 1.77. The minimum atomic E-state index is 0.405. The quantitative estimate of drug-likeness (QED) is 0.578. The number of nitrogens with zero attached hydrogens (tertiary/aromatic N) is 3. The first-order valence-electron chi connectivity index (χ1n) is 2.67. The summed E-state index contributed by atoms with van der Waals surface area (Å²) in [5, 5.41) is 0.405. The highest BCUT2D eigenvalue weighted by atomic mass is 35.5. The van der Waals surface area contributed by atoms with E-state index in [1.165, 1.54) is 12.7 Å². The van der Waals surface area contributed by atoms with E-state index < -0.39 is 0 Å². The van der Waals surface area contributed by atoms with Crippen molar-refractivity contribution in [1.29, 1.82) is 0 Å².